The molecule has 2 rings (SSSR count). The second kappa shape index (κ2) is 8.60. The van der Waals surface area contributed by atoms with Crippen molar-refractivity contribution in [2.24, 2.45) is 0 Å². The van der Waals surface area contributed by atoms with Crippen molar-refractivity contribution in [1.29, 1.82) is 0 Å². The van der Waals surface area contributed by atoms with Crippen LogP contribution in [0.3, 0.4) is 0 Å². The van der Waals surface area contributed by atoms with Crippen LogP contribution in [-0.4, -0.2) is 26.7 Å². The molecule has 0 unspecified atom stereocenters. The van der Waals surface area contributed by atoms with Gasteiger partial charge in [-0.1, -0.05) is 23.7 Å². The predicted octanol–water partition coefficient (Wildman–Crippen LogP) is 3.57. The molecule has 24 heavy (non-hydrogen) atoms. The summed E-state index contributed by atoms with van der Waals surface area (Å²) in [4.78, 5) is 12.0. The van der Waals surface area contributed by atoms with E-state index < -0.39 is 0 Å². The van der Waals surface area contributed by atoms with Crippen LogP contribution in [0.5, 0.6) is 11.5 Å². The molecule has 0 spiro atoms. The quantitative estimate of drug-likeness (QED) is 0.833. The third-order valence-corrected chi connectivity index (χ3v) is 4.09. The van der Waals surface area contributed by atoms with E-state index in [2.05, 4.69) is 5.32 Å². The van der Waals surface area contributed by atoms with E-state index in [-0.39, 0.29) is 5.91 Å². The van der Waals surface area contributed by atoms with Gasteiger partial charge in [-0.3, -0.25) is 4.79 Å². The van der Waals surface area contributed by atoms with Gasteiger partial charge in [0.25, 0.3) is 0 Å². The molecule has 0 aliphatic heterocycles. The number of ether oxygens (including phenoxy) is 2. The molecule has 0 aliphatic carbocycles. The summed E-state index contributed by atoms with van der Waals surface area (Å²) in [5.74, 6) is 1.41. The van der Waals surface area contributed by atoms with Crippen molar-refractivity contribution in [2.45, 2.75) is 19.8 Å². The van der Waals surface area contributed by atoms with Gasteiger partial charge in [0.2, 0.25) is 5.91 Å². The molecule has 128 valence electrons. The van der Waals surface area contributed by atoms with Crippen molar-refractivity contribution in [3.05, 3.63) is 58.1 Å². The third-order valence-electron chi connectivity index (χ3n) is 3.84. The molecule has 5 heteroatoms. The van der Waals surface area contributed by atoms with Gasteiger partial charge in [0, 0.05) is 11.6 Å². The summed E-state index contributed by atoms with van der Waals surface area (Å²) in [5.41, 5.74) is 3.18. The first-order valence-corrected chi connectivity index (χ1v) is 8.14. The van der Waals surface area contributed by atoms with E-state index in [4.69, 9.17) is 21.1 Å². The number of carbonyl (C=O) groups excluding carboxylic acids is 1. The van der Waals surface area contributed by atoms with Gasteiger partial charge in [-0.25, -0.2) is 0 Å². The fraction of sp³-hybridized carbons (Fsp3) is 0.316. The van der Waals surface area contributed by atoms with E-state index in [9.17, 15) is 4.79 Å². The maximum Gasteiger partial charge on any atom is 0.224 e. The Hall–Kier alpha value is -2.20. The summed E-state index contributed by atoms with van der Waals surface area (Å²) in [5, 5.41) is 3.61. The van der Waals surface area contributed by atoms with Gasteiger partial charge in [0.1, 0.15) is 0 Å². The standard InChI is InChI=1S/C19H22ClNO3/c1-13-10-17(23-2)18(24-3)12-15(13)8-9-21-19(22)11-14-4-6-16(20)7-5-14/h4-7,10,12H,8-9,11H2,1-3H3,(H,21,22). The molecule has 0 atom stereocenters. The number of nitrogens with one attached hydrogen (secondary N) is 1. The molecule has 2 aromatic rings. The van der Waals surface area contributed by atoms with Gasteiger partial charge in [0.15, 0.2) is 11.5 Å². The Bertz CT molecular complexity index is 699. The third kappa shape index (κ3) is 4.90. The first kappa shape index (κ1) is 18.1. The van der Waals surface area contributed by atoms with Crippen molar-refractivity contribution < 1.29 is 14.3 Å². The van der Waals surface area contributed by atoms with Crippen LogP contribution in [0.1, 0.15) is 16.7 Å². The number of halogens is 1. The first-order valence-electron chi connectivity index (χ1n) is 7.76. The Morgan fingerprint density at radius 1 is 1.08 bits per heavy atom. The number of hydrogen-bond acceptors (Lipinski definition) is 3. The SMILES string of the molecule is COc1cc(C)c(CCNC(=O)Cc2ccc(Cl)cc2)cc1OC. The molecule has 1 amide bonds. The van der Waals surface area contributed by atoms with Crippen LogP contribution < -0.4 is 14.8 Å². The minimum Gasteiger partial charge on any atom is -0.493 e. The molecule has 0 radical (unpaired) electrons. The summed E-state index contributed by atoms with van der Waals surface area (Å²) in [6.45, 7) is 2.59. The highest BCUT2D eigenvalue weighted by molar-refractivity contribution is 6.30. The van der Waals surface area contributed by atoms with Gasteiger partial charge >= 0.3 is 0 Å². The molecular weight excluding hydrogens is 326 g/mol. The van der Waals surface area contributed by atoms with E-state index >= 15 is 0 Å². The highest BCUT2D eigenvalue weighted by Crippen LogP contribution is 2.30. The van der Waals surface area contributed by atoms with Crippen LogP contribution in [0.15, 0.2) is 36.4 Å². The number of carbonyl (C=O) groups is 1. The van der Waals surface area contributed by atoms with Crippen LogP contribution in [0.2, 0.25) is 5.02 Å². The van der Waals surface area contributed by atoms with Crippen molar-refractivity contribution in [3.63, 3.8) is 0 Å². The lowest BCUT2D eigenvalue weighted by molar-refractivity contribution is -0.120. The van der Waals surface area contributed by atoms with Crippen molar-refractivity contribution in [2.75, 3.05) is 20.8 Å². The largest absolute Gasteiger partial charge is 0.493 e. The number of methoxy groups -OCH3 is 2. The van der Waals surface area contributed by atoms with Crippen LogP contribution in [0, 0.1) is 6.92 Å². The number of benzene rings is 2. The fourth-order valence-electron chi connectivity index (χ4n) is 2.48. The van der Waals surface area contributed by atoms with Crippen LogP contribution in [-0.2, 0) is 17.6 Å². The highest BCUT2D eigenvalue weighted by atomic mass is 35.5. The summed E-state index contributed by atoms with van der Waals surface area (Å²) < 4.78 is 10.6. The van der Waals surface area contributed by atoms with E-state index in [1.54, 1.807) is 26.4 Å². The molecule has 0 aromatic heterocycles. The maximum absolute atomic E-state index is 12.0. The Labute approximate surface area is 147 Å². The molecule has 0 aliphatic rings. The Morgan fingerprint density at radius 2 is 1.71 bits per heavy atom. The van der Waals surface area contributed by atoms with Crippen molar-refractivity contribution >= 4 is 17.5 Å². The minimum absolute atomic E-state index is 0.00421. The lowest BCUT2D eigenvalue weighted by Gasteiger charge is -2.13. The molecule has 0 fully saturated rings. The summed E-state index contributed by atoms with van der Waals surface area (Å²) in [7, 11) is 3.23. The monoisotopic (exact) mass is 347 g/mol. The summed E-state index contributed by atoms with van der Waals surface area (Å²) in [6.07, 6.45) is 1.08. The van der Waals surface area contributed by atoms with E-state index in [1.165, 1.54) is 0 Å². The molecule has 1 N–H and O–H groups in total. The average Bonchev–Trinajstić information content (AvgIpc) is 2.58. The van der Waals surface area contributed by atoms with E-state index in [0.717, 1.165) is 23.1 Å². The Balaban J connectivity index is 1.89. The smallest absolute Gasteiger partial charge is 0.224 e. The highest BCUT2D eigenvalue weighted by Gasteiger charge is 2.09. The number of aryl methyl sites for hydroxylation is 1. The zero-order valence-corrected chi connectivity index (χ0v) is 14.9. The number of rotatable bonds is 7. The van der Waals surface area contributed by atoms with E-state index in [0.29, 0.717) is 29.5 Å². The molecule has 0 saturated carbocycles. The summed E-state index contributed by atoms with van der Waals surface area (Å²) in [6, 6.07) is 11.2. The zero-order valence-electron chi connectivity index (χ0n) is 14.2. The van der Waals surface area contributed by atoms with Crippen molar-refractivity contribution in [3.8, 4) is 11.5 Å². The number of amides is 1. The van der Waals surface area contributed by atoms with Crippen LogP contribution in [0.4, 0.5) is 0 Å². The topological polar surface area (TPSA) is 47.6 Å². The average molecular weight is 348 g/mol. The van der Waals surface area contributed by atoms with Crippen LogP contribution >= 0.6 is 11.6 Å². The molecule has 0 bridgehead atoms. The minimum atomic E-state index is -0.00421. The Morgan fingerprint density at radius 3 is 2.33 bits per heavy atom. The first-order chi connectivity index (χ1) is 11.5. The number of hydrogen-bond donors (Lipinski definition) is 1. The van der Waals surface area contributed by atoms with Gasteiger partial charge < -0.3 is 14.8 Å². The van der Waals surface area contributed by atoms with Gasteiger partial charge in [0.05, 0.1) is 20.6 Å². The van der Waals surface area contributed by atoms with Crippen LogP contribution in [0.25, 0.3) is 0 Å². The lowest BCUT2D eigenvalue weighted by Crippen LogP contribution is -2.27. The van der Waals surface area contributed by atoms with E-state index in [1.807, 2.05) is 31.2 Å². The maximum atomic E-state index is 12.0. The molecule has 0 saturated heterocycles. The second-order valence-corrected chi connectivity index (χ2v) is 5.97. The second-order valence-electron chi connectivity index (χ2n) is 5.54. The van der Waals surface area contributed by atoms with Gasteiger partial charge in [-0.05, 0) is 54.3 Å². The fourth-order valence-corrected chi connectivity index (χ4v) is 2.60. The molecule has 0 heterocycles. The lowest BCUT2D eigenvalue weighted by atomic mass is 10.0. The molecule has 4 nitrogen and oxygen atoms in total. The molecular formula is C19H22ClNO3. The van der Waals surface area contributed by atoms with Gasteiger partial charge in [-0.2, -0.15) is 0 Å². The Kier molecular flexibility index (Phi) is 6.50. The zero-order chi connectivity index (χ0) is 17.5. The van der Waals surface area contributed by atoms with Crippen molar-refractivity contribution in [1.82, 2.24) is 5.32 Å². The molecule has 2 aromatic carbocycles. The summed E-state index contributed by atoms with van der Waals surface area (Å²) >= 11 is 5.84. The normalized spacial score (nSPS) is 10.3. The predicted molar refractivity (Wildman–Crippen MR) is 96.2 cm³/mol. The van der Waals surface area contributed by atoms with Gasteiger partial charge in [-0.15, -0.1) is 0 Å².